The molecule has 1 spiro atoms. The van der Waals surface area contributed by atoms with Crippen LogP contribution in [0.15, 0.2) is 12.3 Å². The number of amides is 2. The number of hydrogen-bond donors (Lipinski definition) is 0. The molecule has 23 heavy (non-hydrogen) atoms. The summed E-state index contributed by atoms with van der Waals surface area (Å²) in [5.41, 5.74) is -0.453. The zero-order chi connectivity index (χ0) is 16.4. The molecule has 1 aromatic heterocycles. The Morgan fingerprint density at radius 3 is 2.96 bits per heavy atom. The molecule has 2 aliphatic rings. The van der Waals surface area contributed by atoms with Crippen molar-refractivity contribution in [3.05, 3.63) is 18.0 Å². The Morgan fingerprint density at radius 2 is 2.22 bits per heavy atom. The number of carbonyl (C=O) groups excluding carboxylic acids is 2. The van der Waals surface area contributed by atoms with E-state index in [-0.39, 0.29) is 11.8 Å². The van der Waals surface area contributed by atoms with Crippen molar-refractivity contribution < 1.29 is 14.3 Å². The SMILES string of the molecule is CCn1ccc(C(=O)N2CCOC3(CCCCN(C)C3=O)C2)n1. The number of likely N-dealkylation sites (tertiary alicyclic amines) is 1. The molecule has 0 aromatic carbocycles. The number of likely N-dealkylation sites (N-methyl/N-ethyl adjacent to an activating group) is 1. The first-order valence-corrected chi connectivity index (χ1v) is 8.28. The van der Waals surface area contributed by atoms with E-state index < -0.39 is 5.60 Å². The smallest absolute Gasteiger partial charge is 0.274 e. The average Bonchev–Trinajstić information content (AvgIpc) is 3.02. The zero-order valence-electron chi connectivity index (χ0n) is 13.8. The highest BCUT2D eigenvalue weighted by atomic mass is 16.5. The predicted octanol–water partition coefficient (Wildman–Crippen LogP) is 0.757. The van der Waals surface area contributed by atoms with E-state index in [2.05, 4.69) is 5.10 Å². The number of morpholine rings is 1. The summed E-state index contributed by atoms with van der Waals surface area (Å²) in [6.45, 7) is 4.65. The fourth-order valence-electron chi connectivity index (χ4n) is 3.37. The second-order valence-electron chi connectivity index (χ2n) is 6.31. The molecule has 2 aliphatic heterocycles. The van der Waals surface area contributed by atoms with Crippen molar-refractivity contribution in [3.63, 3.8) is 0 Å². The van der Waals surface area contributed by atoms with Crippen molar-refractivity contribution in [1.82, 2.24) is 19.6 Å². The van der Waals surface area contributed by atoms with Crippen LogP contribution in [0.1, 0.15) is 36.7 Å². The lowest BCUT2D eigenvalue weighted by Gasteiger charge is -2.42. The van der Waals surface area contributed by atoms with E-state index in [0.29, 0.717) is 31.8 Å². The summed E-state index contributed by atoms with van der Waals surface area (Å²) in [4.78, 5) is 28.9. The molecule has 0 N–H and O–H groups in total. The van der Waals surface area contributed by atoms with Gasteiger partial charge in [-0.25, -0.2) is 0 Å². The standard InChI is InChI=1S/C16H24N4O3/c1-3-20-9-6-13(17-20)14(21)19-10-11-23-16(12-19)7-4-5-8-18(2)15(16)22/h6,9H,3-5,7-8,10-12H2,1-2H3. The van der Waals surface area contributed by atoms with Gasteiger partial charge in [-0.3, -0.25) is 14.3 Å². The number of rotatable bonds is 2. The first-order chi connectivity index (χ1) is 11.1. The number of nitrogens with zero attached hydrogens (tertiary/aromatic N) is 4. The van der Waals surface area contributed by atoms with Crippen LogP contribution in [0.5, 0.6) is 0 Å². The molecule has 0 saturated carbocycles. The summed E-state index contributed by atoms with van der Waals surface area (Å²) >= 11 is 0. The maximum atomic E-state index is 12.7. The second kappa shape index (κ2) is 6.31. The summed E-state index contributed by atoms with van der Waals surface area (Å²) in [5, 5.41) is 4.28. The van der Waals surface area contributed by atoms with Crippen molar-refractivity contribution in [2.24, 2.45) is 0 Å². The molecule has 7 heteroatoms. The van der Waals surface area contributed by atoms with Crippen LogP contribution in [-0.2, 0) is 16.1 Å². The van der Waals surface area contributed by atoms with Crippen LogP contribution < -0.4 is 0 Å². The van der Waals surface area contributed by atoms with Gasteiger partial charge in [-0.1, -0.05) is 0 Å². The van der Waals surface area contributed by atoms with Crippen LogP contribution in [-0.4, -0.2) is 70.3 Å². The molecular formula is C16H24N4O3. The molecule has 1 atom stereocenters. The van der Waals surface area contributed by atoms with Gasteiger partial charge in [-0.05, 0) is 32.3 Å². The van der Waals surface area contributed by atoms with Gasteiger partial charge in [0.25, 0.3) is 11.8 Å². The van der Waals surface area contributed by atoms with Gasteiger partial charge in [-0.15, -0.1) is 0 Å². The lowest BCUT2D eigenvalue weighted by molar-refractivity contribution is -0.166. The molecule has 126 valence electrons. The molecule has 1 unspecified atom stereocenters. The Morgan fingerprint density at radius 1 is 1.39 bits per heavy atom. The third-order valence-corrected chi connectivity index (χ3v) is 4.72. The van der Waals surface area contributed by atoms with E-state index in [1.807, 2.05) is 14.0 Å². The predicted molar refractivity (Wildman–Crippen MR) is 84.0 cm³/mol. The number of ether oxygens (including phenoxy) is 1. The lowest BCUT2D eigenvalue weighted by atomic mass is 9.94. The number of aryl methyl sites for hydroxylation is 1. The third-order valence-electron chi connectivity index (χ3n) is 4.72. The molecule has 0 radical (unpaired) electrons. The highest BCUT2D eigenvalue weighted by Crippen LogP contribution is 2.29. The Labute approximate surface area is 136 Å². The van der Waals surface area contributed by atoms with Crippen LogP contribution >= 0.6 is 0 Å². The van der Waals surface area contributed by atoms with Gasteiger partial charge in [0.2, 0.25) is 0 Å². The molecule has 1 aromatic rings. The molecule has 3 rings (SSSR count). The van der Waals surface area contributed by atoms with Gasteiger partial charge >= 0.3 is 0 Å². The van der Waals surface area contributed by atoms with E-state index in [0.717, 1.165) is 25.9 Å². The summed E-state index contributed by atoms with van der Waals surface area (Å²) in [5.74, 6) is -0.133. The minimum atomic E-state index is -0.882. The minimum Gasteiger partial charge on any atom is -0.361 e. The Balaban J connectivity index is 1.79. The molecule has 3 heterocycles. The second-order valence-corrected chi connectivity index (χ2v) is 6.31. The first-order valence-electron chi connectivity index (χ1n) is 8.28. The molecule has 2 fully saturated rings. The molecule has 2 saturated heterocycles. The van der Waals surface area contributed by atoms with Crippen LogP contribution in [0, 0.1) is 0 Å². The molecule has 0 aliphatic carbocycles. The summed E-state index contributed by atoms with van der Waals surface area (Å²) in [6, 6.07) is 1.73. The van der Waals surface area contributed by atoms with E-state index >= 15 is 0 Å². The largest absolute Gasteiger partial charge is 0.361 e. The van der Waals surface area contributed by atoms with Gasteiger partial charge in [0, 0.05) is 32.9 Å². The fourth-order valence-corrected chi connectivity index (χ4v) is 3.37. The topological polar surface area (TPSA) is 67.7 Å². The number of aromatic nitrogens is 2. The number of carbonyl (C=O) groups is 2. The quantitative estimate of drug-likeness (QED) is 0.807. The van der Waals surface area contributed by atoms with Gasteiger partial charge in [0.1, 0.15) is 5.69 Å². The zero-order valence-corrected chi connectivity index (χ0v) is 13.8. The average molecular weight is 320 g/mol. The monoisotopic (exact) mass is 320 g/mol. The van der Waals surface area contributed by atoms with Crippen molar-refractivity contribution in [3.8, 4) is 0 Å². The van der Waals surface area contributed by atoms with Gasteiger partial charge in [0.15, 0.2) is 5.60 Å². The minimum absolute atomic E-state index is 0.00779. The van der Waals surface area contributed by atoms with Crippen molar-refractivity contribution in [2.75, 3.05) is 33.3 Å². The van der Waals surface area contributed by atoms with E-state index in [9.17, 15) is 9.59 Å². The van der Waals surface area contributed by atoms with Crippen LogP contribution in [0.2, 0.25) is 0 Å². The van der Waals surface area contributed by atoms with E-state index in [1.54, 1.807) is 26.7 Å². The highest BCUT2D eigenvalue weighted by Gasteiger charge is 2.47. The van der Waals surface area contributed by atoms with E-state index in [1.165, 1.54) is 0 Å². The van der Waals surface area contributed by atoms with Crippen LogP contribution in [0.25, 0.3) is 0 Å². The highest BCUT2D eigenvalue weighted by molar-refractivity contribution is 5.93. The maximum Gasteiger partial charge on any atom is 0.274 e. The third kappa shape index (κ3) is 2.97. The van der Waals surface area contributed by atoms with Crippen molar-refractivity contribution >= 4 is 11.8 Å². The maximum absolute atomic E-state index is 12.7. The van der Waals surface area contributed by atoms with E-state index in [4.69, 9.17) is 4.74 Å². The molecule has 7 nitrogen and oxygen atoms in total. The van der Waals surface area contributed by atoms with Gasteiger partial charge in [0.05, 0.1) is 13.2 Å². The molecule has 2 amide bonds. The Kier molecular flexibility index (Phi) is 4.39. The van der Waals surface area contributed by atoms with Gasteiger partial charge in [-0.2, -0.15) is 5.10 Å². The Bertz CT molecular complexity index is 600. The van der Waals surface area contributed by atoms with Crippen molar-refractivity contribution in [1.29, 1.82) is 0 Å². The fraction of sp³-hybridized carbons (Fsp3) is 0.688. The summed E-state index contributed by atoms with van der Waals surface area (Å²) in [7, 11) is 1.81. The lowest BCUT2D eigenvalue weighted by Crippen LogP contribution is -2.60. The van der Waals surface area contributed by atoms with Crippen LogP contribution in [0.4, 0.5) is 0 Å². The van der Waals surface area contributed by atoms with Gasteiger partial charge < -0.3 is 14.5 Å². The molecule has 0 bridgehead atoms. The van der Waals surface area contributed by atoms with Crippen LogP contribution in [0.3, 0.4) is 0 Å². The Hall–Kier alpha value is -1.89. The summed E-state index contributed by atoms with van der Waals surface area (Å²) in [6.07, 6.45) is 4.38. The first kappa shape index (κ1) is 16.0. The summed E-state index contributed by atoms with van der Waals surface area (Å²) < 4.78 is 7.63. The van der Waals surface area contributed by atoms with Crippen molar-refractivity contribution in [2.45, 2.75) is 38.3 Å². The normalized spacial score (nSPS) is 25.7. The number of hydrogen-bond acceptors (Lipinski definition) is 4. The molecular weight excluding hydrogens is 296 g/mol.